The summed E-state index contributed by atoms with van der Waals surface area (Å²) >= 11 is 0. The summed E-state index contributed by atoms with van der Waals surface area (Å²) in [5.41, 5.74) is 0. The van der Waals surface area contributed by atoms with Gasteiger partial charge in [-0.3, -0.25) is 18.1 Å². The van der Waals surface area contributed by atoms with Crippen LogP contribution in [-0.4, -0.2) is 102 Å². The largest absolute Gasteiger partial charge is 0.472 e. The number of hydrogen-bond acceptors (Lipinski definition) is 9. The van der Waals surface area contributed by atoms with Crippen molar-refractivity contribution in [1.29, 1.82) is 0 Å². The molecule has 2 aliphatic rings. The van der Waals surface area contributed by atoms with Gasteiger partial charge in [-0.25, -0.2) is 17.9 Å². The maximum absolute atomic E-state index is 14.3. The lowest BCUT2D eigenvalue weighted by atomic mass is 9.94. The van der Waals surface area contributed by atoms with Crippen molar-refractivity contribution >= 4 is 31.3 Å². The quantitative estimate of drug-likeness (QED) is 0.292. The van der Waals surface area contributed by atoms with Gasteiger partial charge in [-0.05, 0) is 0 Å². The molecular formula is C12H24B2F2O11P2. The SMILES string of the molecule is B[C@@H]1O[C@H](COP(=O)(O)OC2C(F)[C@H](B)O[C@@H]2COC)C(OP(=O)(O)OC)C1F. The molecule has 2 fully saturated rings. The van der Waals surface area contributed by atoms with Gasteiger partial charge in [-0.15, -0.1) is 0 Å². The first-order chi connectivity index (χ1) is 13.4. The fourth-order valence-electron chi connectivity index (χ4n) is 3.03. The first-order valence-corrected chi connectivity index (χ1v) is 11.7. The second-order valence-electron chi connectivity index (χ2n) is 6.66. The van der Waals surface area contributed by atoms with E-state index >= 15 is 0 Å². The molecule has 0 spiro atoms. The number of halogens is 2. The second-order valence-corrected chi connectivity index (χ2v) is 9.58. The number of ether oxygens (including phenoxy) is 3. The van der Waals surface area contributed by atoms with Crippen LogP contribution in [0.15, 0.2) is 0 Å². The van der Waals surface area contributed by atoms with Gasteiger partial charge in [-0.1, -0.05) is 0 Å². The van der Waals surface area contributed by atoms with Crippen LogP contribution >= 0.6 is 15.6 Å². The molecule has 0 aliphatic carbocycles. The van der Waals surface area contributed by atoms with Crippen molar-refractivity contribution in [1.82, 2.24) is 0 Å². The molecular weight excluding hydrogens is 442 g/mol. The molecule has 0 aromatic heterocycles. The summed E-state index contributed by atoms with van der Waals surface area (Å²) < 4.78 is 86.4. The average Bonchev–Trinajstić information content (AvgIpc) is 3.05. The van der Waals surface area contributed by atoms with Crippen LogP contribution < -0.4 is 0 Å². The first kappa shape index (κ1) is 25.4. The highest BCUT2D eigenvalue weighted by atomic mass is 31.2. The van der Waals surface area contributed by atoms with E-state index in [4.69, 9.17) is 27.8 Å². The van der Waals surface area contributed by atoms with Crippen LogP contribution in [0, 0.1) is 0 Å². The first-order valence-electron chi connectivity index (χ1n) is 8.71. The molecule has 11 nitrogen and oxygen atoms in total. The van der Waals surface area contributed by atoms with Crippen LogP contribution in [0.5, 0.6) is 0 Å². The summed E-state index contributed by atoms with van der Waals surface area (Å²) in [6.07, 6.45) is -8.85. The molecule has 0 saturated carbocycles. The van der Waals surface area contributed by atoms with Crippen molar-refractivity contribution in [2.75, 3.05) is 27.4 Å². The Bertz CT molecular complexity index is 649. The maximum atomic E-state index is 14.3. The molecule has 0 aromatic carbocycles. The number of phosphoric acid groups is 2. The van der Waals surface area contributed by atoms with Gasteiger partial charge in [0.25, 0.3) is 0 Å². The van der Waals surface area contributed by atoms with Crippen molar-refractivity contribution < 1.29 is 60.0 Å². The molecule has 10 atom stereocenters. The Morgan fingerprint density at radius 2 is 1.34 bits per heavy atom. The highest BCUT2D eigenvalue weighted by Crippen LogP contribution is 2.50. The molecule has 168 valence electrons. The molecule has 6 unspecified atom stereocenters. The van der Waals surface area contributed by atoms with Crippen molar-refractivity contribution in [2.24, 2.45) is 0 Å². The van der Waals surface area contributed by atoms with Crippen molar-refractivity contribution in [3.63, 3.8) is 0 Å². The summed E-state index contributed by atoms with van der Waals surface area (Å²) in [6, 6.07) is -1.94. The van der Waals surface area contributed by atoms with Gasteiger partial charge in [0.15, 0.2) is 0 Å². The highest BCUT2D eigenvalue weighted by Gasteiger charge is 2.50. The van der Waals surface area contributed by atoms with Crippen LogP contribution in [0.3, 0.4) is 0 Å². The molecule has 2 aliphatic heterocycles. The molecule has 2 N–H and O–H groups in total. The summed E-state index contributed by atoms with van der Waals surface area (Å²) in [4.78, 5) is 19.4. The van der Waals surface area contributed by atoms with E-state index < -0.39 is 71.0 Å². The van der Waals surface area contributed by atoms with E-state index in [9.17, 15) is 27.7 Å². The second kappa shape index (κ2) is 10.1. The minimum absolute atomic E-state index is 0.0824. The van der Waals surface area contributed by atoms with Crippen LogP contribution in [0.25, 0.3) is 0 Å². The molecule has 0 bridgehead atoms. The minimum atomic E-state index is -4.84. The number of alkyl halides is 2. The van der Waals surface area contributed by atoms with Crippen LogP contribution in [0.4, 0.5) is 8.78 Å². The van der Waals surface area contributed by atoms with E-state index in [-0.39, 0.29) is 6.61 Å². The van der Waals surface area contributed by atoms with E-state index in [0.717, 1.165) is 7.11 Å². The molecule has 0 radical (unpaired) electrons. The molecule has 2 rings (SSSR count). The zero-order chi connectivity index (χ0) is 22.0. The molecule has 2 saturated heterocycles. The van der Waals surface area contributed by atoms with Crippen molar-refractivity contribution in [2.45, 2.75) is 48.8 Å². The fraction of sp³-hybridized carbons (Fsp3) is 1.00. The molecule has 17 heteroatoms. The topological polar surface area (TPSA) is 139 Å². The Morgan fingerprint density at radius 3 is 1.79 bits per heavy atom. The Morgan fingerprint density at radius 1 is 0.897 bits per heavy atom. The highest BCUT2D eigenvalue weighted by molar-refractivity contribution is 7.47. The van der Waals surface area contributed by atoms with Gasteiger partial charge in [0.2, 0.25) is 0 Å². The van der Waals surface area contributed by atoms with Gasteiger partial charge >= 0.3 is 15.6 Å². The predicted molar refractivity (Wildman–Crippen MR) is 98.4 cm³/mol. The Balaban J connectivity index is 2.00. The molecule has 29 heavy (non-hydrogen) atoms. The van der Waals surface area contributed by atoms with Gasteiger partial charge in [0.05, 0.1) is 25.2 Å². The lowest BCUT2D eigenvalue weighted by Gasteiger charge is -2.24. The van der Waals surface area contributed by atoms with Crippen LogP contribution in [-0.2, 0) is 41.4 Å². The lowest BCUT2D eigenvalue weighted by Crippen LogP contribution is -2.36. The normalized spacial score (nSPS) is 41.9. The third kappa shape index (κ3) is 6.54. The number of phosphoric ester groups is 2. The summed E-state index contributed by atoms with van der Waals surface area (Å²) in [7, 11) is -4.40. The third-order valence-corrected chi connectivity index (χ3v) is 6.47. The fourth-order valence-corrected chi connectivity index (χ4v) is 4.64. The average molecular weight is 466 g/mol. The van der Waals surface area contributed by atoms with Gasteiger partial charge in [-0.2, -0.15) is 0 Å². The van der Waals surface area contributed by atoms with E-state index in [2.05, 4.69) is 4.52 Å². The summed E-state index contributed by atoms with van der Waals surface area (Å²) in [6.45, 7) is -0.817. The standard InChI is InChI=1S/C12H24B2F2O11P2/c1-21-3-5-9(7(15)11(13)24-5)27-29(19,20)23-4-6-10(8(16)12(14)25-6)26-28(17,18)22-2/h5-12H,3-4,13-14H2,1-2H3,(H,17,18)(H,19,20)/t5-,6-,7?,8?,9?,10?,11-,12-/m1/s1. The lowest BCUT2D eigenvalue weighted by molar-refractivity contribution is -0.0337. The maximum Gasteiger partial charge on any atom is 0.472 e. The summed E-state index contributed by atoms with van der Waals surface area (Å²) in [5.74, 6) is 0. The van der Waals surface area contributed by atoms with Gasteiger partial charge < -0.3 is 24.0 Å². The zero-order valence-electron chi connectivity index (χ0n) is 16.3. The molecule has 0 amide bonds. The Labute approximate surface area is 168 Å². The molecule has 2 heterocycles. The molecule has 0 aromatic rings. The summed E-state index contributed by atoms with van der Waals surface area (Å²) in [5, 5.41) is 0. The van der Waals surface area contributed by atoms with Crippen LogP contribution in [0.1, 0.15) is 0 Å². The Kier molecular flexibility index (Phi) is 8.86. The van der Waals surface area contributed by atoms with E-state index in [1.807, 2.05) is 0 Å². The van der Waals surface area contributed by atoms with Gasteiger partial charge in [0, 0.05) is 14.2 Å². The smallest absolute Gasteiger partial charge is 0.382 e. The number of methoxy groups -OCH3 is 1. The number of rotatable bonds is 10. The monoisotopic (exact) mass is 466 g/mol. The van der Waals surface area contributed by atoms with E-state index in [1.54, 1.807) is 0 Å². The van der Waals surface area contributed by atoms with Gasteiger partial charge in [0.1, 0.15) is 52.5 Å². The third-order valence-electron chi connectivity index (χ3n) is 4.51. The zero-order valence-corrected chi connectivity index (χ0v) is 18.0. The Hall–Kier alpha value is 0.0899. The van der Waals surface area contributed by atoms with E-state index in [0.29, 0.717) is 0 Å². The minimum Gasteiger partial charge on any atom is -0.382 e. The van der Waals surface area contributed by atoms with Crippen LogP contribution in [0.2, 0.25) is 0 Å². The number of hydrogen-bond donors (Lipinski definition) is 2. The van der Waals surface area contributed by atoms with Crippen molar-refractivity contribution in [3.8, 4) is 0 Å². The van der Waals surface area contributed by atoms with Crippen molar-refractivity contribution in [3.05, 3.63) is 0 Å². The van der Waals surface area contributed by atoms with E-state index in [1.165, 1.54) is 22.8 Å². The predicted octanol–water partition coefficient (Wildman–Crippen LogP) is -1.34.